The molecule has 1 atom stereocenters. The molecule has 0 saturated carbocycles. The first kappa shape index (κ1) is 13.1. The van der Waals surface area contributed by atoms with Crippen molar-refractivity contribution in [3.05, 3.63) is 46.4 Å². The van der Waals surface area contributed by atoms with Crippen LogP contribution in [0.1, 0.15) is 23.6 Å². The van der Waals surface area contributed by atoms with Gasteiger partial charge in [0, 0.05) is 17.8 Å². The molecule has 0 bridgehead atoms. The number of rotatable bonds is 6. The van der Waals surface area contributed by atoms with Crippen molar-refractivity contribution < 1.29 is 4.74 Å². The van der Waals surface area contributed by atoms with Gasteiger partial charge >= 0.3 is 0 Å². The summed E-state index contributed by atoms with van der Waals surface area (Å²) in [5, 5.41) is 7.68. The molecular formula is C14H18N2OS. The first-order valence-corrected chi connectivity index (χ1v) is 6.95. The van der Waals surface area contributed by atoms with Gasteiger partial charge in [-0.1, -0.05) is 0 Å². The lowest BCUT2D eigenvalue weighted by Gasteiger charge is -2.18. The van der Waals surface area contributed by atoms with Crippen molar-refractivity contribution in [3.63, 3.8) is 0 Å². The van der Waals surface area contributed by atoms with E-state index in [2.05, 4.69) is 27.1 Å². The van der Waals surface area contributed by atoms with Gasteiger partial charge in [0.1, 0.15) is 5.75 Å². The van der Waals surface area contributed by atoms with E-state index < -0.39 is 0 Å². The van der Waals surface area contributed by atoms with Gasteiger partial charge in [-0.2, -0.15) is 11.3 Å². The molecule has 0 spiro atoms. The summed E-state index contributed by atoms with van der Waals surface area (Å²) in [6.07, 6.45) is 5.70. The molecule has 3 nitrogen and oxygen atoms in total. The summed E-state index contributed by atoms with van der Waals surface area (Å²) in [6, 6.07) is 4.50. The van der Waals surface area contributed by atoms with Crippen LogP contribution in [0, 0.1) is 0 Å². The Labute approximate surface area is 112 Å². The van der Waals surface area contributed by atoms with Crippen LogP contribution in [-0.4, -0.2) is 19.1 Å². The first-order chi connectivity index (χ1) is 8.85. The minimum absolute atomic E-state index is 0.294. The number of ether oxygens (including phenoxy) is 1. The van der Waals surface area contributed by atoms with Gasteiger partial charge in [0.25, 0.3) is 0 Å². The fraction of sp³-hybridized carbons (Fsp3) is 0.357. The second-order valence-electron chi connectivity index (χ2n) is 4.13. The Morgan fingerprint density at radius 1 is 1.44 bits per heavy atom. The van der Waals surface area contributed by atoms with Crippen LogP contribution in [0.2, 0.25) is 0 Å². The molecule has 0 radical (unpaired) electrons. The Morgan fingerprint density at radius 3 is 3.00 bits per heavy atom. The number of methoxy groups -OCH3 is 1. The molecule has 0 aliphatic carbocycles. The third kappa shape index (κ3) is 3.09. The van der Waals surface area contributed by atoms with E-state index in [9.17, 15) is 0 Å². The maximum absolute atomic E-state index is 5.36. The molecule has 0 aliphatic rings. The lowest BCUT2D eigenvalue weighted by molar-refractivity contribution is 0.397. The van der Waals surface area contributed by atoms with E-state index in [-0.39, 0.29) is 0 Å². The van der Waals surface area contributed by atoms with Crippen molar-refractivity contribution in [2.45, 2.75) is 18.9 Å². The number of pyridine rings is 1. The van der Waals surface area contributed by atoms with Crippen LogP contribution in [0.3, 0.4) is 0 Å². The van der Waals surface area contributed by atoms with Gasteiger partial charge in [0.15, 0.2) is 0 Å². The van der Waals surface area contributed by atoms with Gasteiger partial charge in [-0.25, -0.2) is 0 Å². The number of hydrogen-bond acceptors (Lipinski definition) is 4. The van der Waals surface area contributed by atoms with E-state index in [1.54, 1.807) is 24.6 Å². The molecule has 0 amide bonds. The standard InChI is InChI=1S/C14H18N2OS/c1-15-13(4-3-11-6-8-18-10-11)12-5-7-16-9-14(12)17-2/h5-10,13,15H,3-4H2,1-2H3. The molecule has 2 aromatic rings. The topological polar surface area (TPSA) is 34.2 Å². The number of hydrogen-bond donors (Lipinski definition) is 1. The number of aromatic nitrogens is 1. The zero-order chi connectivity index (χ0) is 12.8. The van der Waals surface area contributed by atoms with Crippen LogP contribution in [0.4, 0.5) is 0 Å². The molecule has 2 rings (SSSR count). The Morgan fingerprint density at radius 2 is 2.33 bits per heavy atom. The number of thiophene rings is 1. The molecule has 18 heavy (non-hydrogen) atoms. The Kier molecular flexibility index (Phi) is 4.73. The number of nitrogens with zero attached hydrogens (tertiary/aromatic N) is 1. The van der Waals surface area contributed by atoms with E-state index >= 15 is 0 Å². The van der Waals surface area contributed by atoms with Gasteiger partial charge in [0.2, 0.25) is 0 Å². The van der Waals surface area contributed by atoms with Crippen LogP contribution < -0.4 is 10.1 Å². The van der Waals surface area contributed by atoms with Crippen molar-refractivity contribution in [2.75, 3.05) is 14.2 Å². The third-order valence-electron chi connectivity index (χ3n) is 3.06. The second-order valence-corrected chi connectivity index (χ2v) is 4.91. The lowest BCUT2D eigenvalue weighted by Crippen LogP contribution is -2.18. The number of nitrogens with one attached hydrogen (secondary N) is 1. The summed E-state index contributed by atoms with van der Waals surface area (Å²) in [5.41, 5.74) is 2.57. The van der Waals surface area contributed by atoms with Gasteiger partial charge < -0.3 is 10.1 Å². The maximum atomic E-state index is 5.36. The minimum atomic E-state index is 0.294. The molecule has 0 aromatic carbocycles. The number of aryl methyl sites for hydroxylation is 1. The van der Waals surface area contributed by atoms with Gasteiger partial charge in [0.05, 0.1) is 13.3 Å². The van der Waals surface area contributed by atoms with Crippen molar-refractivity contribution in [2.24, 2.45) is 0 Å². The Bertz CT molecular complexity index is 470. The fourth-order valence-corrected chi connectivity index (χ4v) is 2.75. The van der Waals surface area contributed by atoms with Crippen molar-refractivity contribution in [1.82, 2.24) is 10.3 Å². The lowest BCUT2D eigenvalue weighted by atomic mass is 10.0. The Hall–Kier alpha value is -1.39. The van der Waals surface area contributed by atoms with Crippen molar-refractivity contribution in [1.29, 1.82) is 0 Å². The molecule has 2 heterocycles. The van der Waals surface area contributed by atoms with Gasteiger partial charge in [-0.05, 0) is 48.3 Å². The molecule has 1 unspecified atom stereocenters. The molecule has 0 aliphatic heterocycles. The monoisotopic (exact) mass is 262 g/mol. The Balaban J connectivity index is 2.08. The zero-order valence-corrected chi connectivity index (χ0v) is 11.5. The summed E-state index contributed by atoms with van der Waals surface area (Å²) >= 11 is 1.75. The fourth-order valence-electron chi connectivity index (χ4n) is 2.05. The summed E-state index contributed by atoms with van der Waals surface area (Å²) in [7, 11) is 3.67. The van der Waals surface area contributed by atoms with Gasteiger partial charge in [-0.3, -0.25) is 4.98 Å². The van der Waals surface area contributed by atoms with Crippen LogP contribution in [-0.2, 0) is 6.42 Å². The van der Waals surface area contributed by atoms with Crippen LogP contribution in [0.15, 0.2) is 35.3 Å². The summed E-state index contributed by atoms with van der Waals surface area (Å²) in [4.78, 5) is 4.09. The molecule has 2 aromatic heterocycles. The quantitative estimate of drug-likeness (QED) is 0.869. The SMILES string of the molecule is CNC(CCc1ccsc1)c1ccncc1OC. The van der Waals surface area contributed by atoms with Crippen molar-refractivity contribution >= 4 is 11.3 Å². The summed E-state index contributed by atoms with van der Waals surface area (Å²) in [6.45, 7) is 0. The highest BCUT2D eigenvalue weighted by molar-refractivity contribution is 7.07. The van der Waals surface area contributed by atoms with Crippen LogP contribution in [0.25, 0.3) is 0 Å². The molecule has 4 heteroatoms. The minimum Gasteiger partial charge on any atom is -0.495 e. The second kappa shape index (κ2) is 6.52. The molecule has 1 N–H and O–H groups in total. The largest absolute Gasteiger partial charge is 0.495 e. The molecule has 96 valence electrons. The molecule has 0 saturated heterocycles. The summed E-state index contributed by atoms with van der Waals surface area (Å²) in [5.74, 6) is 0.849. The van der Waals surface area contributed by atoms with E-state index in [0.29, 0.717) is 6.04 Å². The summed E-state index contributed by atoms with van der Waals surface area (Å²) < 4.78 is 5.36. The predicted molar refractivity (Wildman–Crippen MR) is 75.2 cm³/mol. The third-order valence-corrected chi connectivity index (χ3v) is 3.79. The normalized spacial score (nSPS) is 12.3. The van der Waals surface area contributed by atoms with E-state index in [1.807, 2.05) is 19.3 Å². The average molecular weight is 262 g/mol. The average Bonchev–Trinajstić information content (AvgIpc) is 2.93. The van der Waals surface area contributed by atoms with Crippen LogP contribution >= 0.6 is 11.3 Å². The van der Waals surface area contributed by atoms with E-state index in [1.165, 1.54) is 11.1 Å². The highest BCUT2D eigenvalue weighted by Crippen LogP contribution is 2.27. The van der Waals surface area contributed by atoms with E-state index in [4.69, 9.17) is 4.74 Å². The van der Waals surface area contributed by atoms with Crippen LogP contribution in [0.5, 0.6) is 5.75 Å². The first-order valence-electron chi connectivity index (χ1n) is 6.01. The molecular weight excluding hydrogens is 244 g/mol. The van der Waals surface area contributed by atoms with Gasteiger partial charge in [-0.15, -0.1) is 0 Å². The highest BCUT2D eigenvalue weighted by Gasteiger charge is 2.14. The zero-order valence-electron chi connectivity index (χ0n) is 10.7. The highest BCUT2D eigenvalue weighted by atomic mass is 32.1. The van der Waals surface area contributed by atoms with E-state index in [0.717, 1.165) is 18.6 Å². The van der Waals surface area contributed by atoms with Crippen molar-refractivity contribution in [3.8, 4) is 5.75 Å². The smallest absolute Gasteiger partial charge is 0.141 e. The maximum Gasteiger partial charge on any atom is 0.141 e. The predicted octanol–water partition coefficient (Wildman–Crippen LogP) is 3.05. The molecule has 0 fully saturated rings.